The van der Waals surface area contributed by atoms with Crippen molar-refractivity contribution in [2.45, 2.75) is 11.8 Å². The Balaban J connectivity index is 2.09. The molecule has 0 N–H and O–H groups in total. The second-order valence-corrected chi connectivity index (χ2v) is 7.85. The van der Waals surface area contributed by atoms with Crippen LogP contribution in [0.5, 0.6) is 0 Å². The lowest BCUT2D eigenvalue weighted by Gasteiger charge is -2.01. The first-order chi connectivity index (χ1) is 11.6. The molecule has 24 heavy (non-hydrogen) atoms. The van der Waals surface area contributed by atoms with Crippen molar-refractivity contribution >= 4 is 57.5 Å². The lowest BCUT2D eigenvalue weighted by molar-refractivity contribution is 1.44. The van der Waals surface area contributed by atoms with Gasteiger partial charge in [-0.2, -0.15) is 0 Å². The summed E-state index contributed by atoms with van der Waals surface area (Å²) in [6, 6.07) is 18.4. The highest BCUT2D eigenvalue weighted by molar-refractivity contribution is 8.14. The molecular formula is C19H17Cl2NS2. The van der Waals surface area contributed by atoms with Crippen LogP contribution in [0, 0.1) is 6.92 Å². The van der Waals surface area contributed by atoms with E-state index in [1.165, 1.54) is 10.5 Å². The highest BCUT2D eigenvalue weighted by Crippen LogP contribution is 2.22. The third kappa shape index (κ3) is 7.63. The second-order valence-electron chi connectivity index (χ2n) is 4.82. The molecule has 0 amide bonds. The molecule has 0 spiro atoms. The Morgan fingerprint density at radius 1 is 1.04 bits per heavy atom. The smallest absolute Gasteiger partial charge is 0.103 e. The number of benzene rings is 2. The van der Waals surface area contributed by atoms with Crippen LogP contribution in [-0.2, 0) is 0 Å². The van der Waals surface area contributed by atoms with Crippen LogP contribution in [0.3, 0.4) is 0 Å². The monoisotopic (exact) mass is 393 g/mol. The van der Waals surface area contributed by atoms with E-state index in [9.17, 15) is 0 Å². The number of hydrogen-bond donors (Lipinski definition) is 0. The van der Waals surface area contributed by atoms with E-state index in [1.807, 2.05) is 41.8 Å². The van der Waals surface area contributed by atoms with Crippen LogP contribution in [0.25, 0.3) is 0 Å². The fourth-order valence-corrected chi connectivity index (χ4v) is 3.57. The molecule has 0 atom stereocenters. The lowest BCUT2D eigenvalue weighted by atomic mass is 10.2. The van der Waals surface area contributed by atoms with Crippen molar-refractivity contribution in [1.82, 2.24) is 0 Å². The zero-order valence-electron chi connectivity index (χ0n) is 13.2. The zero-order valence-corrected chi connectivity index (χ0v) is 16.3. The number of rotatable bonds is 6. The van der Waals surface area contributed by atoms with Crippen LogP contribution in [0.15, 0.2) is 86.5 Å². The molecule has 0 fully saturated rings. The first kappa shape index (κ1) is 19.2. The Morgan fingerprint density at radius 3 is 2.42 bits per heavy atom. The SMILES string of the molecule is Cc1ccc(N=C(C=CSc2ccccc2)SCC=C(Cl)Cl)cc1. The van der Waals surface area contributed by atoms with E-state index in [0.717, 1.165) is 10.7 Å². The summed E-state index contributed by atoms with van der Waals surface area (Å²) in [5.41, 5.74) is 2.15. The predicted molar refractivity (Wildman–Crippen MR) is 112 cm³/mol. The minimum atomic E-state index is 0.278. The topological polar surface area (TPSA) is 12.4 Å². The van der Waals surface area contributed by atoms with Gasteiger partial charge in [0.1, 0.15) is 4.49 Å². The Hall–Kier alpha value is -1.13. The molecule has 0 saturated carbocycles. The molecule has 2 aromatic rings. The van der Waals surface area contributed by atoms with Crippen LogP contribution in [0.1, 0.15) is 5.56 Å². The van der Waals surface area contributed by atoms with Gasteiger partial charge in [0.05, 0.1) is 10.7 Å². The number of thioether (sulfide) groups is 2. The Bertz CT molecular complexity index is 719. The number of aliphatic imine (C=N–C) groups is 1. The Kier molecular flexibility index (Phi) is 8.54. The van der Waals surface area contributed by atoms with Crippen LogP contribution >= 0.6 is 46.7 Å². The molecule has 124 valence electrons. The molecule has 1 nitrogen and oxygen atoms in total. The van der Waals surface area contributed by atoms with Gasteiger partial charge in [0, 0.05) is 10.6 Å². The molecule has 0 saturated heterocycles. The number of halogens is 2. The van der Waals surface area contributed by atoms with Gasteiger partial charge < -0.3 is 0 Å². The van der Waals surface area contributed by atoms with Crippen LogP contribution in [-0.4, -0.2) is 10.8 Å². The highest BCUT2D eigenvalue weighted by atomic mass is 35.5. The summed E-state index contributed by atoms with van der Waals surface area (Å²) in [6.07, 6.45) is 3.77. The summed E-state index contributed by atoms with van der Waals surface area (Å²) in [6.45, 7) is 2.06. The number of aryl methyl sites for hydroxylation is 1. The van der Waals surface area contributed by atoms with Crippen molar-refractivity contribution in [2.24, 2.45) is 4.99 Å². The highest BCUT2D eigenvalue weighted by Gasteiger charge is 1.98. The molecule has 2 rings (SSSR count). The molecule has 0 heterocycles. The maximum atomic E-state index is 5.67. The van der Waals surface area contributed by atoms with Gasteiger partial charge in [-0.25, -0.2) is 4.99 Å². The van der Waals surface area contributed by atoms with Crippen molar-refractivity contribution in [1.29, 1.82) is 0 Å². The van der Waals surface area contributed by atoms with E-state index in [4.69, 9.17) is 28.2 Å². The second kappa shape index (κ2) is 10.7. The van der Waals surface area contributed by atoms with E-state index < -0.39 is 0 Å². The Morgan fingerprint density at radius 2 is 1.75 bits per heavy atom. The lowest BCUT2D eigenvalue weighted by Crippen LogP contribution is -1.87. The van der Waals surface area contributed by atoms with Gasteiger partial charge in [0.2, 0.25) is 0 Å². The molecule has 0 aliphatic heterocycles. The molecule has 0 aliphatic carbocycles. The van der Waals surface area contributed by atoms with Gasteiger partial charge >= 0.3 is 0 Å². The molecule has 0 radical (unpaired) electrons. The fourth-order valence-electron chi connectivity index (χ4n) is 1.72. The average molecular weight is 394 g/mol. The van der Waals surface area contributed by atoms with E-state index in [-0.39, 0.29) is 4.49 Å². The maximum Gasteiger partial charge on any atom is 0.103 e. The van der Waals surface area contributed by atoms with Gasteiger partial charge in [0.25, 0.3) is 0 Å². The molecule has 0 aliphatic rings. The van der Waals surface area contributed by atoms with Gasteiger partial charge in [-0.3, -0.25) is 0 Å². The summed E-state index contributed by atoms with van der Waals surface area (Å²) in [7, 11) is 0. The number of nitrogens with zero attached hydrogens (tertiary/aromatic N) is 1. The quantitative estimate of drug-likeness (QED) is 0.288. The first-order valence-corrected chi connectivity index (χ1v) is 9.93. The van der Waals surface area contributed by atoms with Gasteiger partial charge in [-0.1, -0.05) is 70.9 Å². The third-order valence-corrected chi connectivity index (χ3v) is 4.88. The molecule has 0 bridgehead atoms. The van der Waals surface area contributed by atoms with E-state index >= 15 is 0 Å². The van der Waals surface area contributed by atoms with Gasteiger partial charge in [-0.05, 0) is 48.7 Å². The maximum absolute atomic E-state index is 5.67. The minimum absolute atomic E-state index is 0.278. The Labute approximate surface area is 161 Å². The van der Waals surface area contributed by atoms with Crippen LogP contribution in [0.2, 0.25) is 0 Å². The van der Waals surface area contributed by atoms with E-state index in [1.54, 1.807) is 29.6 Å². The van der Waals surface area contributed by atoms with Crippen molar-refractivity contribution in [3.63, 3.8) is 0 Å². The van der Waals surface area contributed by atoms with Gasteiger partial charge in [-0.15, -0.1) is 11.8 Å². The number of hydrogen-bond acceptors (Lipinski definition) is 3. The fraction of sp³-hybridized carbons (Fsp3) is 0.105. The van der Waals surface area contributed by atoms with Gasteiger partial charge in [0.15, 0.2) is 0 Å². The van der Waals surface area contributed by atoms with Crippen molar-refractivity contribution in [2.75, 3.05) is 5.75 Å². The summed E-state index contributed by atoms with van der Waals surface area (Å²) in [4.78, 5) is 5.88. The van der Waals surface area contributed by atoms with E-state index in [2.05, 4.69) is 31.2 Å². The predicted octanol–water partition coefficient (Wildman–Crippen LogP) is 7.38. The summed E-state index contributed by atoms with van der Waals surface area (Å²) in [5, 5.41) is 2.95. The molecule has 5 heteroatoms. The molecule has 2 aromatic carbocycles. The largest absolute Gasteiger partial charge is 0.242 e. The average Bonchev–Trinajstić information content (AvgIpc) is 2.57. The van der Waals surface area contributed by atoms with Crippen molar-refractivity contribution in [3.8, 4) is 0 Å². The normalized spacial score (nSPS) is 11.7. The standard InChI is InChI=1S/C19H17Cl2NS2/c1-15-7-9-16(10-8-15)22-19(24-13-11-18(20)21)12-14-23-17-5-3-2-4-6-17/h2-12,14H,13H2,1H3. The van der Waals surface area contributed by atoms with Crippen LogP contribution in [0.4, 0.5) is 5.69 Å². The van der Waals surface area contributed by atoms with Crippen molar-refractivity contribution in [3.05, 3.63) is 82.2 Å². The zero-order chi connectivity index (χ0) is 17.2. The first-order valence-electron chi connectivity index (χ1n) is 7.31. The minimum Gasteiger partial charge on any atom is -0.242 e. The summed E-state index contributed by atoms with van der Waals surface area (Å²) < 4.78 is 0.278. The molecule has 0 aromatic heterocycles. The van der Waals surface area contributed by atoms with Crippen molar-refractivity contribution < 1.29 is 0 Å². The van der Waals surface area contributed by atoms with Crippen LogP contribution < -0.4 is 0 Å². The molecule has 0 unspecified atom stereocenters. The summed E-state index contributed by atoms with van der Waals surface area (Å²) in [5.74, 6) is 0.674. The third-order valence-electron chi connectivity index (χ3n) is 2.90. The summed E-state index contributed by atoms with van der Waals surface area (Å²) >= 11 is 14.6. The molecular weight excluding hydrogens is 377 g/mol. The van der Waals surface area contributed by atoms with E-state index in [0.29, 0.717) is 5.75 Å².